The molecule has 0 saturated carbocycles. The second-order valence-corrected chi connectivity index (χ2v) is 7.37. The summed E-state index contributed by atoms with van der Waals surface area (Å²) in [5, 5.41) is 0. The standard InChI is InChI=1S/C23H32N4O/c1-3-5-14-26(4-2)22-11-9-20(10-12-22)23(28)27-17-15-25(16-18-27)19-21-8-6-7-13-24-21/h6-13H,3-5,14-19H2,1-2H3. The Morgan fingerprint density at radius 3 is 2.39 bits per heavy atom. The summed E-state index contributed by atoms with van der Waals surface area (Å²) >= 11 is 0. The predicted molar refractivity (Wildman–Crippen MR) is 115 cm³/mol. The monoisotopic (exact) mass is 380 g/mol. The van der Waals surface area contributed by atoms with Gasteiger partial charge in [-0.25, -0.2) is 0 Å². The average molecular weight is 381 g/mol. The fourth-order valence-electron chi connectivity index (χ4n) is 3.65. The molecule has 0 atom stereocenters. The SMILES string of the molecule is CCCCN(CC)c1ccc(C(=O)N2CCN(Cc3ccccn3)CC2)cc1. The van der Waals surface area contributed by atoms with Gasteiger partial charge in [-0.2, -0.15) is 0 Å². The summed E-state index contributed by atoms with van der Waals surface area (Å²) in [7, 11) is 0. The summed E-state index contributed by atoms with van der Waals surface area (Å²) in [6.07, 6.45) is 4.22. The maximum atomic E-state index is 12.9. The summed E-state index contributed by atoms with van der Waals surface area (Å²) in [6.45, 7) is 10.6. The van der Waals surface area contributed by atoms with Gasteiger partial charge in [-0.1, -0.05) is 19.4 Å². The van der Waals surface area contributed by atoms with E-state index in [0.717, 1.165) is 57.1 Å². The molecule has 0 radical (unpaired) electrons. The van der Waals surface area contributed by atoms with Gasteiger partial charge in [0.1, 0.15) is 0 Å². The Balaban J connectivity index is 1.53. The maximum absolute atomic E-state index is 12.9. The highest BCUT2D eigenvalue weighted by Gasteiger charge is 2.22. The molecule has 1 fully saturated rings. The Labute approximate surface area is 169 Å². The molecule has 2 aromatic rings. The van der Waals surface area contributed by atoms with Crippen LogP contribution >= 0.6 is 0 Å². The van der Waals surface area contributed by atoms with Crippen molar-refractivity contribution in [2.24, 2.45) is 0 Å². The predicted octanol–water partition coefficient (Wildman–Crippen LogP) is 3.67. The number of hydrogen-bond donors (Lipinski definition) is 0. The van der Waals surface area contributed by atoms with E-state index in [1.165, 1.54) is 18.5 Å². The molecule has 0 aliphatic carbocycles. The number of amides is 1. The van der Waals surface area contributed by atoms with Gasteiger partial charge in [0, 0.05) is 63.3 Å². The molecule has 0 spiro atoms. The lowest BCUT2D eigenvalue weighted by atomic mass is 10.1. The summed E-state index contributed by atoms with van der Waals surface area (Å²) < 4.78 is 0. The Bertz CT molecular complexity index is 724. The van der Waals surface area contributed by atoms with Crippen LogP contribution in [-0.2, 0) is 6.54 Å². The van der Waals surface area contributed by atoms with Crippen LogP contribution in [0, 0.1) is 0 Å². The molecule has 0 N–H and O–H groups in total. The molecule has 1 amide bonds. The number of pyridine rings is 1. The molecule has 0 unspecified atom stereocenters. The zero-order valence-electron chi connectivity index (χ0n) is 17.2. The largest absolute Gasteiger partial charge is 0.372 e. The van der Waals surface area contributed by atoms with Crippen LogP contribution in [0.1, 0.15) is 42.7 Å². The third-order valence-electron chi connectivity index (χ3n) is 5.41. The fourth-order valence-corrected chi connectivity index (χ4v) is 3.65. The molecule has 1 aliphatic rings. The molecule has 150 valence electrons. The average Bonchev–Trinajstić information content (AvgIpc) is 2.75. The summed E-state index contributed by atoms with van der Waals surface area (Å²) in [5.74, 6) is 0.139. The van der Waals surface area contributed by atoms with Crippen LogP contribution in [0.15, 0.2) is 48.7 Å². The zero-order chi connectivity index (χ0) is 19.8. The number of hydrogen-bond acceptors (Lipinski definition) is 4. The van der Waals surface area contributed by atoms with Crippen LogP contribution in [0.5, 0.6) is 0 Å². The van der Waals surface area contributed by atoms with Gasteiger partial charge in [0.15, 0.2) is 0 Å². The molecule has 28 heavy (non-hydrogen) atoms. The number of anilines is 1. The van der Waals surface area contributed by atoms with E-state index in [0.29, 0.717) is 0 Å². The van der Waals surface area contributed by atoms with Crippen LogP contribution in [-0.4, -0.2) is 60.0 Å². The van der Waals surface area contributed by atoms with Crippen molar-refractivity contribution in [3.05, 3.63) is 59.9 Å². The second-order valence-electron chi connectivity index (χ2n) is 7.37. The number of unbranched alkanes of at least 4 members (excludes halogenated alkanes) is 1. The molecule has 3 rings (SSSR count). The molecule has 5 nitrogen and oxygen atoms in total. The van der Waals surface area contributed by atoms with Gasteiger partial charge in [-0.3, -0.25) is 14.7 Å². The quantitative estimate of drug-likeness (QED) is 0.701. The van der Waals surface area contributed by atoms with Crippen molar-refractivity contribution in [2.45, 2.75) is 33.2 Å². The Hall–Kier alpha value is -2.40. The molecule has 1 aromatic heterocycles. The summed E-state index contributed by atoms with van der Waals surface area (Å²) in [4.78, 5) is 24.0. The zero-order valence-corrected chi connectivity index (χ0v) is 17.2. The fraction of sp³-hybridized carbons (Fsp3) is 0.478. The van der Waals surface area contributed by atoms with E-state index in [9.17, 15) is 4.79 Å². The van der Waals surface area contributed by atoms with E-state index in [2.05, 4.69) is 46.8 Å². The molecular weight excluding hydrogens is 348 g/mol. The van der Waals surface area contributed by atoms with Crippen molar-refractivity contribution in [3.63, 3.8) is 0 Å². The first-order valence-electron chi connectivity index (χ1n) is 10.5. The van der Waals surface area contributed by atoms with Crippen molar-refractivity contribution in [2.75, 3.05) is 44.2 Å². The summed E-state index contributed by atoms with van der Waals surface area (Å²) in [6, 6.07) is 14.1. The molecule has 1 saturated heterocycles. The first kappa shape index (κ1) is 20.3. The lowest BCUT2D eigenvalue weighted by molar-refractivity contribution is 0.0627. The minimum absolute atomic E-state index is 0.139. The number of aromatic nitrogens is 1. The molecule has 1 aliphatic heterocycles. The number of nitrogens with zero attached hydrogens (tertiary/aromatic N) is 4. The Kier molecular flexibility index (Phi) is 7.43. The summed E-state index contributed by atoms with van der Waals surface area (Å²) in [5.41, 5.74) is 3.07. The number of carbonyl (C=O) groups is 1. The Morgan fingerprint density at radius 1 is 1.04 bits per heavy atom. The van der Waals surface area contributed by atoms with E-state index in [1.54, 1.807) is 0 Å². The molecule has 1 aromatic carbocycles. The van der Waals surface area contributed by atoms with E-state index in [4.69, 9.17) is 0 Å². The van der Waals surface area contributed by atoms with Gasteiger partial charge >= 0.3 is 0 Å². The van der Waals surface area contributed by atoms with Crippen LogP contribution in [0.25, 0.3) is 0 Å². The highest BCUT2D eigenvalue weighted by atomic mass is 16.2. The van der Waals surface area contributed by atoms with Crippen molar-refractivity contribution in [1.82, 2.24) is 14.8 Å². The van der Waals surface area contributed by atoms with Crippen LogP contribution in [0.3, 0.4) is 0 Å². The van der Waals surface area contributed by atoms with Gasteiger partial charge in [0.2, 0.25) is 0 Å². The van der Waals surface area contributed by atoms with Gasteiger partial charge in [0.05, 0.1) is 5.69 Å². The van der Waals surface area contributed by atoms with Gasteiger partial charge < -0.3 is 9.80 Å². The van der Waals surface area contributed by atoms with Gasteiger partial charge in [-0.15, -0.1) is 0 Å². The minimum Gasteiger partial charge on any atom is -0.372 e. The maximum Gasteiger partial charge on any atom is 0.253 e. The highest BCUT2D eigenvalue weighted by molar-refractivity contribution is 5.94. The first-order valence-corrected chi connectivity index (χ1v) is 10.5. The minimum atomic E-state index is 0.139. The highest BCUT2D eigenvalue weighted by Crippen LogP contribution is 2.18. The number of rotatable bonds is 8. The van der Waals surface area contributed by atoms with Gasteiger partial charge in [-0.05, 0) is 49.7 Å². The lowest BCUT2D eigenvalue weighted by Crippen LogP contribution is -2.48. The van der Waals surface area contributed by atoms with Crippen LogP contribution in [0.4, 0.5) is 5.69 Å². The molecule has 5 heteroatoms. The normalized spacial score (nSPS) is 14.9. The van der Waals surface area contributed by atoms with Crippen molar-refractivity contribution < 1.29 is 4.79 Å². The number of carbonyl (C=O) groups excluding carboxylic acids is 1. The van der Waals surface area contributed by atoms with Crippen LogP contribution < -0.4 is 4.90 Å². The van der Waals surface area contributed by atoms with Gasteiger partial charge in [0.25, 0.3) is 5.91 Å². The van der Waals surface area contributed by atoms with E-state index < -0.39 is 0 Å². The third kappa shape index (κ3) is 5.32. The lowest BCUT2D eigenvalue weighted by Gasteiger charge is -2.34. The molecular formula is C23H32N4O. The van der Waals surface area contributed by atoms with E-state index in [1.807, 2.05) is 35.4 Å². The number of benzene rings is 1. The molecule has 2 heterocycles. The van der Waals surface area contributed by atoms with Crippen LogP contribution in [0.2, 0.25) is 0 Å². The molecule has 0 bridgehead atoms. The topological polar surface area (TPSA) is 39.7 Å². The van der Waals surface area contributed by atoms with Crippen molar-refractivity contribution >= 4 is 11.6 Å². The first-order chi connectivity index (χ1) is 13.7. The van der Waals surface area contributed by atoms with Crippen molar-refractivity contribution in [3.8, 4) is 0 Å². The van der Waals surface area contributed by atoms with E-state index in [-0.39, 0.29) is 5.91 Å². The third-order valence-corrected chi connectivity index (χ3v) is 5.41. The van der Waals surface area contributed by atoms with E-state index >= 15 is 0 Å². The number of piperazine rings is 1. The second kappa shape index (κ2) is 10.2. The smallest absolute Gasteiger partial charge is 0.253 e. The van der Waals surface area contributed by atoms with Crippen molar-refractivity contribution in [1.29, 1.82) is 0 Å². The Morgan fingerprint density at radius 2 is 1.79 bits per heavy atom.